The molecule has 0 atom stereocenters. The lowest BCUT2D eigenvalue weighted by Crippen LogP contribution is -2.36. The van der Waals surface area contributed by atoms with E-state index in [0.29, 0.717) is 24.3 Å². The highest BCUT2D eigenvalue weighted by molar-refractivity contribution is 6.22. The number of para-hydroxylation sites is 1. The second-order valence-electron chi connectivity index (χ2n) is 8.66. The van der Waals surface area contributed by atoms with Gasteiger partial charge < -0.3 is 10.2 Å². The van der Waals surface area contributed by atoms with Crippen molar-refractivity contribution < 1.29 is 19.2 Å². The summed E-state index contributed by atoms with van der Waals surface area (Å²) < 4.78 is 0. The van der Waals surface area contributed by atoms with Crippen molar-refractivity contribution in [3.8, 4) is 0 Å². The van der Waals surface area contributed by atoms with Gasteiger partial charge in [0, 0.05) is 31.0 Å². The SMILES string of the molecule is O=C(Nc1ccccc1C(=O)N1CCCCC1)c1ccc2c(c1)C(=O)N(Cc1ccncc1)C2=O. The molecule has 3 aromatic rings. The van der Waals surface area contributed by atoms with Gasteiger partial charge in [0.2, 0.25) is 0 Å². The van der Waals surface area contributed by atoms with Gasteiger partial charge in [-0.1, -0.05) is 12.1 Å². The zero-order valence-corrected chi connectivity index (χ0v) is 19.1. The van der Waals surface area contributed by atoms with Crippen LogP contribution in [0.15, 0.2) is 67.0 Å². The van der Waals surface area contributed by atoms with Crippen LogP contribution in [0.4, 0.5) is 5.69 Å². The number of piperidine rings is 1. The quantitative estimate of drug-likeness (QED) is 0.575. The van der Waals surface area contributed by atoms with E-state index in [4.69, 9.17) is 0 Å². The average Bonchev–Trinajstić information content (AvgIpc) is 3.14. The van der Waals surface area contributed by atoms with Crippen LogP contribution in [0, 0.1) is 0 Å². The Morgan fingerprint density at radius 1 is 0.857 bits per heavy atom. The maximum Gasteiger partial charge on any atom is 0.261 e. The number of carbonyl (C=O) groups excluding carboxylic acids is 4. The normalized spacial score (nSPS) is 15.2. The Hall–Kier alpha value is -4.33. The molecule has 1 N–H and O–H groups in total. The molecule has 2 aliphatic rings. The van der Waals surface area contributed by atoms with Gasteiger partial charge in [0.05, 0.1) is 28.9 Å². The highest BCUT2D eigenvalue weighted by Gasteiger charge is 2.36. The third kappa shape index (κ3) is 4.42. The summed E-state index contributed by atoms with van der Waals surface area (Å²) in [5.41, 5.74) is 2.31. The Bertz CT molecular complexity index is 1320. The molecule has 5 rings (SSSR count). The fraction of sp³-hybridized carbons (Fsp3) is 0.222. The zero-order chi connectivity index (χ0) is 24.4. The maximum absolute atomic E-state index is 13.1. The first-order valence-electron chi connectivity index (χ1n) is 11.6. The number of likely N-dealkylation sites (tertiary alicyclic amines) is 1. The van der Waals surface area contributed by atoms with Gasteiger partial charge in [0.25, 0.3) is 23.6 Å². The minimum atomic E-state index is -0.459. The van der Waals surface area contributed by atoms with Gasteiger partial charge in [-0.3, -0.25) is 29.1 Å². The molecule has 35 heavy (non-hydrogen) atoms. The van der Waals surface area contributed by atoms with Crippen molar-refractivity contribution >= 4 is 29.3 Å². The van der Waals surface area contributed by atoms with Gasteiger partial charge >= 0.3 is 0 Å². The van der Waals surface area contributed by atoms with Crippen LogP contribution in [0.3, 0.4) is 0 Å². The van der Waals surface area contributed by atoms with Gasteiger partial charge in [-0.15, -0.1) is 0 Å². The van der Waals surface area contributed by atoms with Crippen molar-refractivity contribution in [2.75, 3.05) is 18.4 Å². The van der Waals surface area contributed by atoms with E-state index in [1.54, 1.807) is 48.8 Å². The average molecular weight is 469 g/mol. The second-order valence-corrected chi connectivity index (χ2v) is 8.66. The summed E-state index contributed by atoms with van der Waals surface area (Å²) in [7, 11) is 0. The van der Waals surface area contributed by atoms with Crippen LogP contribution in [-0.2, 0) is 6.54 Å². The van der Waals surface area contributed by atoms with E-state index in [0.717, 1.165) is 29.7 Å². The van der Waals surface area contributed by atoms with Gasteiger partial charge in [-0.25, -0.2) is 0 Å². The third-order valence-electron chi connectivity index (χ3n) is 6.37. The molecule has 3 heterocycles. The molecule has 1 aromatic heterocycles. The molecule has 8 nitrogen and oxygen atoms in total. The molecule has 0 unspecified atom stereocenters. The highest BCUT2D eigenvalue weighted by Crippen LogP contribution is 2.27. The van der Waals surface area contributed by atoms with Crippen LogP contribution >= 0.6 is 0 Å². The number of imide groups is 1. The molecule has 2 aliphatic heterocycles. The lowest BCUT2D eigenvalue weighted by molar-refractivity contribution is 0.0640. The molecule has 0 spiro atoms. The monoisotopic (exact) mass is 468 g/mol. The predicted octanol–water partition coefficient (Wildman–Crippen LogP) is 3.76. The summed E-state index contributed by atoms with van der Waals surface area (Å²) in [6.07, 6.45) is 6.26. The van der Waals surface area contributed by atoms with Crippen molar-refractivity contribution in [3.63, 3.8) is 0 Å². The molecule has 176 valence electrons. The summed E-state index contributed by atoms with van der Waals surface area (Å²) in [4.78, 5) is 58.8. The summed E-state index contributed by atoms with van der Waals surface area (Å²) in [5.74, 6) is -1.41. The first kappa shape index (κ1) is 22.5. The smallest absolute Gasteiger partial charge is 0.261 e. The number of nitrogens with one attached hydrogen (secondary N) is 1. The zero-order valence-electron chi connectivity index (χ0n) is 19.1. The Labute approximate surface area is 202 Å². The predicted molar refractivity (Wildman–Crippen MR) is 129 cm³/mol. The van der Waals surface area contributed by atoms with Gasteiger partial charge in [-0.05, 0) is 67.3 Å². The number of hydrogen-bond acceptors (Lipinski definition) is 5. The molecular weight excluding hydrogens is 444 g/mol. The highest BCUT2D eigenvalue weighted by atomic mass is 16.2. The Morgan fingerprint density at radius 2 is 1.57 bits per heavy atom. The molecular formula is C27H24N4O4. The number of benzene rings is 2. The number of hydrogen-bond donors (Lipinski definition) is 1. The van der Waals surface area contributed by atoms with Crippen molar-refractivity contribution in [3.05, 3.63) is 94.8 Å². The molecule has 1 fully saturated rings. The molecule has 4 amide bonds. The Kier molecular flexibility index (Phi) is 6.10. The van der Waals surface area contributed by atoms with Gasteiger partial charge in [0.1, 0.15) is 0 Å². The van der Waals surface area contributed by atoms with E-state index in [1.807, 2.05) is 4.90 Å². The number of amides is 4. The summed E-state index contributed by atoms with van der Waals surface area (Å²) >= 11 is 0. The number of fused-ring (bicyclic) bond motifs is 1. The molecule has 2 aromatic carbocycles. The first-order chi connectivity index (χ1) is 17.0. The van der Waals surface area contributed by atoms with E-state index in [-0.39, 0.29) is 29.1 Å². The van der Waals surface area contributed by atoms with Crippen molar-refractivity contribution in [1.29, 1.82) is 0 Å². The number of pyridine rings is 1. The van der Waals surface area contributed by atoms with Crippen LogP contribution < -0.4 is 5.32 Å². The Balaban J connectivity index is 1.35. The second kappa shape index (κ2) is 9.50. The van der Waals surface area contributed by atoms with E-state index in [1.165, 1.54) is 18.2 Å². The number of aromatic nitrogens is 1. The molecule has 0 radical (unpaired) electrons. The largest absolute Gasteiger partial charge is 0.339 e. The number of carbonyl (C=O) groups is 4. The molecule has 0 saturated carbocycles. The van der Waals surface area contributed by atoms with E-state index >= 15 is 0 Å². The number of nitrogens with zero attached hydrogens (tertiary/aromatic N) is 3. The number of rotatable bonds is 5. The van der Waals surface area contributed by atoms with E-state index in [2.05, 4.69) is 10.3 Å². The van der Waals surface area contributed by atoms with Crippen LogP contribution in [0.1, 0.15) is 66.3 Å². The minimum absolute atomic E-state index is 0.109. The third-order valence-corrected chi connectivity index (χ3v) is 6.37. The standard InChI is InChI=1S/C27H24N4O4/c32-24(29-23-7-3-2-6-21(23)25(33)30-14-4-1-5-15-30)19-8-9-20-22(16-19)27(35)31(26(20)34)17-18-10-12-28-13-11-18/h2-3,6-13,16H,1,4-5,14-15,17H2,(H,29,32). The lowest BCUT2D eigenvalue weighted by Gasteiger charge is -2.27. The fourth-order valence-corrected chi connectivity index (χ4v) is 4.49. The molecule has 8 heteroatoms. The lowest BCUT2D eigenvalue weighted by atomic mass is 10.0. The van der Waals surface area contributed by atoms with Crippen molar-refractivity contribution in [2.24, 2.45) is 0 Å². The number of anilines is 1. The topological polar surface area (TPSA) is 99.7 Å². The molecule has 0 bridgehead atoms. The fourth-order valence-electron chi connectivity index (χ4n) is 4.49. The van der Waals surface area contributed by atoms with Crippen molar-refractivity contribution in [1.82, 2.24) is 14.8 Å². The van der Waals surface area contributed by atoms with Crippen LogP contribution in [0.5, 0.6) is 0 Å². The van der Waals surface area contributed by atoms with Crippen LogP contribution in [0.25, 0.3) is 0 Å². The van der Waals surface area contributed by atoms with Crippen molar-refractivity contribution in [2.45, 2.75) is 25.8 Å². The van der Waals surface area contributed by atoms with Crippen LogP contribution in [0.2, 0.25) is 0 Å². The maximum atomic E-state index is 13.1. The Morgan fingerprint density at radius 3 is 2.34 bits per heavy atom. The van der Waals surface area contributed by atoms with E-state index < -0.39 is 17.7 Å². The van der Waals surface area contributed by atoms with Crippen LogP contribution in [-0.4, -0.2) is 51.5 Å². The molecule has 1 saturated heterocycles. The van der Waals surface area contributed by atoms with Gasteiger partial charge in [-0.2, -0.15) is 0 Å². The minimum Gasteiger partial charge on any atom is -0.339 e. The first-order valence-corrected chi connectivity index (χ1v) is 11.6. The van der Waals surface area contributed by atoms with Gasteiger partial charge in [0.15, 0.2) is 0 Å². The summed E-state index contributed by atoms with van der Waals surface area (Å²) in [6, 6.07) is 14.9. The summed E-state index contributed by atoms with van der Waals surface area (Å²) in [6.45, 7) is 1.54. The van der Waals surface area contributed by atoms with E-state index in [9.17, 15) is 19.2 Å². The summed E-state index contributed by atoms with van der Waals surface area (Å²) in [5, 5.41) is 2.81. The molecule has 0 aliphatic carbocycles.